The molecule has 0 aromatic heterocycles. The second-order valence-electron chi connectivity index (χ2n) is 12.7. The van der Waals surface area contributed by atoms with Crippen molar-refractivity contribution >= 4 is 0 Å². The van der Waals surface area contributed by atoms with Crippen LogP contribution in [0.2, 0.25) is 0 Å². The molecule has 1 aromatic rings. The summed E-state index contributed by atoms with van der Waals surface area (Å²) in [5.74, 6) is -2.02. The quantitative estimate of drug-likeness (QED) is 0.579. The van der Waals surface area contributed by atoms with Crippen LogP contribution in [0.5, 0.6) is 0 Å². The van der Waals surface area contributed by atoms with Crippen LogP contribution in [-0.4, -0.2) is 73.3 Å². The maximum absolute atomic E-state index is 13.9. The first-order valence-electron chi connectivity index (χ1n) is 13.9. The summed E-state index contributed by atoms with van der Waals surface area (Å²) in [4.78, 5) is 0. The molecule has 212 valence electrons. The highest BCUT2D eigenvalue weighted by molar-refractivity contribution is 5.17. The van der Waals surface area contributed by atoms with Crippen molar-refractivity contribution < 1.29 is 43.0 Å². The van der Waals surface area contributed by atoms with Crippen LogP contribution in [0.15, 0.2) is 30.3 Å². The van der Waals surface area contributed by atoms with Crippen LogP contribution >= 0.6 is 0 Å². The molecule has 9 heteroatoms. The monoisotopic (exact) mass is 533 g/mol. The van der Waals surface area contributed by atoms with Crippen LogP contribution < -0.4 is 5.11 Å². The second-order valence-corrected chi connectivity index (χ2v) is 12.7. The van der Waals surface area contributed by atoms with Crippen molar-refractivity contribution in [2.24, 2.45) is 11.8 Å². The van der Waals surface area contributed by atoms with Gasteiger partial charge in [-0.25, -0.2) is 0 Å². The molecule has 4 aliphatic heterocycles. The number of hydrogen-bond acceptors (Lipinski definition) is 9. The zero-order valence-corrected chi connectivity index (χ0v) is 23.2. The summed E-state index contributed by atoms with van der Waals surface area (Å²) in [6.07, 6.45) is -2.80. The molecule has 0 amide bonds. The van der Waals surface area contributed by atoms with Gasteiger partial charge in [0.25, 0.3) is 0 Å². The highest BCUT2D eigenvalue weighted by Crippen LogP contribution is 2.49. The van der Waals surface area contributed by atoms with Gasteiger partial charge in [-0.05, 0) is 60.3 Å². The van der Waals surface area contributed by atoms with E-state index >= 15 is 0 Å². The summed E-state index contributed by atoms with van der Waals surface area (Å²) in [5.41, 5.74) is 0.870. The lowest BCUT2D eigenvalue weighted by atomic mass is 9.71. The molecule has 0 bridgehead atoms. The Morgan fingerprint density at radius 2 is 1.39 bits per heavy atom. The molecule has 0 N–H and O–H groups in total. The minimum atomic E-state index is -1.15. The Labute approximate surface area is 224 Å². The first kappa shape index (κ1) is 27.1. The van der Waals surface area contributed by atoms with Crippen molar-refractivity contribution in [3.63, 3.8) is 0 Å². The van der Waals surface area contributed by atoms with Gasteiger partial charge in [-0.2, -0.15) is 0 Å². The molecular weight excluding hydrogens is 492 g/mol. The van der Waals surface area contributed by atoms with E-state index in [1.54, 1.807) is 0 Å². The Morgan fingerprint density at radius 3 is 2.11 bits per heavy atom. The molecule has 1 unspecified atom stereocenters. The third-order valence-corrected chi connectivity index (χ3v) is 8.42. The van der Waals surface area contributed by atoms with Gasteiger partial charge in [0, 0.05) is 11.5 Å². The predicted octanol–water partition coefficient (Wildman–Crippen LogP) is 3.05. The lowest BCUT2D eigenvalue weighted by Crippen LogP contribution is -2.62. The van der Waals surface area contributed by atoms with Gasteiger partial charge >= 0.3 is 0 Å². The van der Waals surface area contributed by atoms with Crippen LogP contribution in [0.25, 0.3) is 0 Å². The fourth-order valence-electron chi connectivity index (χ4n) is 6.76. The van der Waals surface area contributed by atoms with Gasteiger partial charge in [0.1, 0.15) is 12.2 Å². The summed E-state index contributed by atoms with van der Waals surface area (Å²) in [5, 5.41) is 13.9. The fraction of sp³-hybridized carbons (Fsp3) is 0.793. The Balaban J connectivity index is 1.26. The Kier molecular flexibility index (Phi) is 6.94. The highest BCUT2D eigenvalue weighted by Gasteiger charge is 2.57. The smallest absolute Gasteiger partial charge is 0.184 e. The third-order valence-electron chi connectivity index (χ3n) is 8.42. The molecule has 1 aliphatic carbocycles. The van der Waals surface area contributed by atoms with Gasteiger partial charge in [-0.1, -0.05) is 36.4 Å². The standard InChI is InChI=1S/C29H41O9/c1-27(2)32-15-21(36-27)24-22(30)19(33-26(34-24)16-10-8-7-9-11-16)12-17-13-20-25(38-29(5,6)35-20)23-18(17)14-31-28(3,4)37-23/h7-11,17-26H,12-15H2,1-6H3/q-1/t17-,18+,19-,20+,21+,22+,23+,24+,25+,26?/m0/s1. The van der Waals surface area contributed by atoms with Gasteiger partial charge < -0.3 is 43.0 Å². The average Bonchev–Trinajstić information content (AvgIpc) is 3.37. The first-order chi connectivity index (χ1) is 17.9. The summed E-state index contributed by atoms with van der Waals surface area (Å²) < 4.78 is 49.7. The van der Waals surface area contributed by atoms with Crippen molar-refractivity contribution in [1.82, 2.24) is 0 Å². The molecule has 1 aromatic carbocycles. The van der Waals surface area contributed by atoms with Crippen LogP contribution in [0.4, 0.5) is 0 Å². The van der Waals surface area contributed by atoms with E-state index in [2.05, 4.69) is 0 Å². The lowest BCUT2D eigenvalue weighted by Gasteiger charge is -2.52. The van der Waals surface area contributed by atoms with E-state index in [1.807, 2.05) is 71.9 Å². The van der Waals surface area contributed by atoms with Crippen molar-refractivity contribution in [3.05, 3.63) is 35.9 Å². The second kappa shape index (κ2) is 9.75. The molecule has 38 heavy (non-hydrogen) atoms. The number of fused-ring (bicyclic) bond motifs is 3. The Morgan fingerprint density at radius 1 is 0.737 bits per heavy atom. The Bertz CT molecular complexity index is 982. The van der Waals surface area contributed by atoms with Crippen LogP contribution in [0.1, 0.15) is 66.2 Å². The van der Waals surface area contributed by atoms with Crippen molar-refractivity contribution in [1.29, 1.82) is 0 Å². The van der Waals surface area contributed by atoms with Crippen LogP contribution in [0.3, 0.4) is 0 Å². The predicted molar refractivity (Wildman–Crippen MR) is 133 cm³/mol. The minimum Gasteiger partial charge on any atom is -0.848 e. The number of ether oxygens (including phenoxy) is 8. The molecule has 4 heterocycles. The van der Waals surface area contributed by atoms with Gasteiger partial charge in [0.05, 0.1) is 37.6 Å². The van der Waals surface area contributed by atoms with E-state index in [4.69, 9.17) is 37.9 Å². The van der Waals surface area contributed by atoms with Crippen LogP contribution in [-0.2, 0) is 37.9 Å². The normalized spacial score (nSPS) is 45.3. The van der Waals surface area contributed by atoms with Crippen molar-refractivity contribution in [2.45, 2.75) is 121 Å². The van der Waals surface area contributed by atoms with E-state index < -0.39 is 48.1 Å². The van der Waals surface area contributed by atoms with E-state index in [0.29, 0.717) is 19.6 Å². The van der Waals surface area contributed by atoms with Gasteiger partial charge in [-0.15, -0.1) is 0 Å². The van der Waals surface area contributed by atoms with Crippen molar-refractivity contribution in [2.75, 3.05) is 13.2 Å². The summed E-state index contributed by atoms with van der Waals surface area (Å²) in [6, 6.07) is 9.74. The molecule has 4 saturated heterocycles. The molecule has 5 fully saturated rings. The number of rotatable bonds is 4. The van der Waals surface area contributed by atoms with Gasteiger partial charge in [-0.3, -0.25) is 0 Å². The largest absolute Gasteiger partial charge is 0.848 e. The summed E-state index contributed by atoms with van der Waals surface area (Å²) >= 11 is 0. The third kappa shape index (κ3) is 5.30. The molecular formula is C29H41O9-. The van der Waals surface area contributed by atoms with E-state index in [0.717, 1.165) is 12.0 Å². The lowest BCUT2D eigenvalue weighted by molar-refractivity contribution is -0.497. The maximum atomic E-state index is 13.9. The zero-order chi connectivity index (χ0) is 26.9. The topological polar surface area (TPSA) is 96.9 Å². The molecule has 0 spiro atoms. The number of hydrogen-bond donors (Lipinski definition) is 0. The van der Waals surface area contributed by atoms with Gasteiger partial charge in [0.15, 0.2) is 23.7 Å². The van der Waals surface area contributed by atoms with Crippen molar-refractivity contribution in [3.8, 4) is 0 Å². The SMILES string of the molecule is CC1(C)OC[C@@H]2[C@@H](C[C@@H]3OC(c4ccccc4)O[C@H]([C@H]4COC(C)(C)O4)[C@@H]3[O-])C[C@H]3OC(C)(C)O[C@H]3[C@@H]2O1. The molecule has 0 radical (unpaired) electrons. The summed E-state index contributed by atoms with van der Waals surface area (Å²) in [6.45, 7) is 12.3. The van der Waals surface area contributed by atoms with E-state index in [9.17, 15) is 5.11 Å². The average molecular weight is 534 g/mol. The molecule has 10 atom stereocenters. The molecule has 1 saturated carbocycles. The minimum absolute atomic E-state index is 0.0547. The molecule has 5 aliphatic rings. The van der Waals surface area contributed by atoms with Crippen LogP contribution in [0, 0.1) is 11.8 Å². The summed E-state index contributed by atoms with van der Waals surface area (Å²) in [7, 11) is 0. The molecule has 6 rings (SSSR count). The zero-order valence-electron chi connectivity index (χ0n) is 23.2. The first-order valence-corrected chi connectivity index (χ1v) is 13.9. The molecule has 9 nitrogen and oxygen atoms in total. The maximum Gasteiger partial charge on any atom is 0.184 e. The highest BCUT2D eigenvalue weighted by atomic mass is 16.8. The fourth-order valence-corrected chi connectivity index (χ4v) is 6.76. The van der Waals surface area contributed by atoms with E-state index in [1.165, 1.54) is 0 Å². The number of benzene rings is 1. The van der Waals surface area contributed by atoms with E-state index in [-0.39, 0.29) is 30.1 Å². The van der Waals surface area contributed by atoms with Gasteiger partial charge in [0.2, 0.25) is 0 Å². The Hall–Kier alpha value is -1.14.